The number of nitrogens with zero attached hydrogens (tertiary/aromatic N) is 1. The molecule has 1 aliphatic rings. The van der Waals surface area contributed by atoms with Crippen molar-refractivity contribution in [3.63, 3.8) is 0 Å². The van der Waals surface area contributed by atoms with Crippen molar-refractivity contribution < 1.29 is 23.8 Å². The molecule has 9 nitrogen and oxygen atoms in total. The van der Waals surface area contributed by atoms with Gasteiger partial charge in [-0.1, -0.05) is 28.5 Å². The molecule has 0 aromatic carbocycles. The van der Waals surface area contributed by atoms with Gasteiger partial charge in [-0.05, 0) is 6.42 Å². The van der Waals surface area contributed by atoms with Crippen LogP contribution in [0.1, 0.15) is 33.4 Å². The van der Waals surface area contributed by atoms with Crippen molar-refractivity contribution in [2.24, 2.45) is 0 Å². The van der Waals surface area contributed by atoms with Crippen molar-refractivity contribution in [3.8, 4) is 0 Å². The van der Waals surface area contributed by atoms with E-state index in [1.165, 1.54) is 41.5 Å². The van der Waals surface area contributed by atoms with E-state index in [9.17, 15) is 19.2 Å². The monoisotopic (exact) mass is 418 g/mol. The molecule has 150 valence electrons. The molecule has 0 amide bonds. The molecule has 1 aromatic heterocycles. The molecule has 0 unspecified atom stereocenters. The van der Waals surface area contributed by atoms with Gasteiger partial charge in [-0.15, -0.1) is 0 Å². The van der Waals surface area contributed by atoms with E-state index >= 15 is 0 Å². The maximum Gasteiger partial charge on any atom is 0.330 e. The number of carbonyl (C=O) groups excluding carboxylic acids is 2. The van der Waals surface area contributed by atoms with Crippen LogP contribution < -0.4 is 11.2 Å². The molecule has 0 bridgehead atoms. The molecule has 0 radical (unpaired) electrons. The van der Waals surface area contributed by atoms with Gasteiger partial charge in [0.2, 0.25) is 0 Å². The summed E-state index contributed by atoms with van der Waals surface area (Å²) in [6, 6.07) is 1.21. The van der Waals surface area contributed by atoms with Crippen LogP contribution in [0.5, 0.6) is 0 Å². The van der Waals surface area contributed by atoms with Crippen molar-refractivity contribution in [2.75, 3.05) is 12.4 Å². The minimum Gasteiger partial charge on any atom is -0.463 e. The van der Waals surface area contributed by atoms with E-state index in [2.05, 4.69) is 4.98 Å². The van der Waals surface area contributed by atoms with Crippen LogP contribution >= 0.6 is 21.6 Å². The van der Waals surface area contributed by atoms with Crippen LogP contribution in [0, 0.1) is 0 Å². The van der Waals surface area contributed by atoms with Crippen LogP contribution in [0.4, 0.5) is 0 Å². The number of carbonyl (C=O) groups is 2. The van der Waals surface area contributed by atoms with E-state index in [4.69, 9.17) is 14.2 Å². The lowest BCUT2D eigenvalue weighted by Gasteiger charge is -2.23. The highest BCUT2D eigenvalue weighted by molar-refractivity contribution is 8.77. The number of H-pyrrole nitrogens is 1. The van der Waals surface area contributed by atoms with Gasteiger partial charge >= 0.3 is 17.6 Å². The number of aromatic amines is 1. The van der Waals surface area contributed by atoms with Crippen LogP contribution in [0.2, 0.25) is 0 Å². The van der Waals surface area contributed by atoms with E-state index < -0.39 is 46.9 Å². The predicted octanol–water partition coefficient (Wildman–Crippen LogP) is 1.09. The summed E-state index contributed by atoms with van der Waals surface area (Å²) < 4.78 is 17.6. The first-order valence-corrected chi connectivity index (χ1v) is 10.8. The fourth-order valence-corrected chi connectivity index (χ4v) is 5.46. The quantitative estimate of drug-likeness (QED) is 0.376. The summed E-state index contributed by atoms with van der Waals surface area (Å²) in [5.74, 6) is -0.137. The van der Waals surface area contributed by atoms with Gasteiger partial charge in [0.15, 0.2) is 6.23 Å². The molecule has 1 aromatic rings. The fourth-order valence-electron chi connectivity index (χ4n) is 2.54. The van der Waals surface area contributed by atoms with Gasteiger partial charge in [0, 0.05) is 31.9 Å². The summed E-state index contributed by atoms with van der Waals surface area (Å²) in [6.07, 6.45) is 0.0296. The standard InChI is InChI=1S/C16H22N2O7S2/c1-4-7-26-27-14-13(24-10(3)20)11(8-23-9(2)19)25-15(14)18-6-5-12(21)17-16(18)22/h5-6,11,13-15H,4,7-8H2,1-3H3,(H,17,21,22)/t11-,13-,14-,15-/m1/s1. The summed E-state index contributed by atoms with van der Waals surface area (Å²) in [5.41, 5.74) is -1.15. The topological polar surface area (TPSA) is 117 Å². The molecule has 11 heteroatoms. The first kappa shape index (κ1) is 21.6. The molecule has 1 saturated heterocycles. The highest BCUT2D eigenvalue weighted by Crippen LogP contribution is 2.44. The summed E-state index contributed by atoms with van der Waals surface area (Å²) in [4.78, 5) is 48.5. The Morgan fingerprint density at radius 2 is 2.04 bits per heavy atom. The Morgan fingerprint density at radius 3 is 2.63 bits per heavy atom. The Kier molecular flexibility index (Phi) is 7.99. The van der Waals surface area contributed by atoms with Crippen molar-refractivity contribution in [2.45, 2.75) is 50.9 Å². The summed E-state index contributed by atoms with van der Waals surface area (Å²) in [6.45, 7) is 4.47. The number of hydrogen-bond acceptors (Lipinski definition) is 9. The number of aromatic nitrogens is 2. The Balaban J connectivity index is 2.35. The predicted molar refractivity (Wildman–Crippen MR) is 102 cm³/mol. The van der Waals surface area contributed by atoms with Crippen LogP contribution in [-0.2, 0) is 23.8 Å². The van der Waals surface area contributed by atoms with E-state index in [1.807, 2.05) is 6.92 Å². The summed E-state index contributed by atoms with van der Waals surface area (Å²) in [7, 11) is 3.00. The lowest BCUT2D eigenvalue weighted by Crippen LogP contribution is -2.38. The molecule has 1 fully saturated rings. The van der Waals surface area contributed by atoms with E-state index in [-0.39, 0.29) is 6.61 Å². The maximum atomic E-state index is 12.2. The molecule has 27 heavy (non-hydrogen) atoms. The Hall–Kier alpha value is -1.72. The zero-order chi connectivity index (χ0) is 20.0. The molecule has 1 aliphatic heterocycles. The molecular formula is C16H22N2O7S2. The molecule has 2 rings (SSSR count). The van der Waals surface area contributed by atoms with Crippen LogP contribution in [0.3, 0.4) is 0 Å². The van der Waals surface area contributed by atoms with Gasteiger partial charge in [-0.3, -0.25) is 23.9 Å². The van der Waals surface area contributed by atoms with Crippen molar-refractivity contribution in [1.29, 1.82) is 0 Å². The number of hydrogen-bond donors (Lipinski definition) is 1. The molecule has 0 spiro atoms. The van der Waals surface area contributed by atoms with Gasteiger partial charge < -0.3 is 14.2 Å². The Bertz CT molecular complexity index is 779. The second kappa shape index (κ2) is 10.00. The number of ether oxygens (including phenoxy) is 3. The molecule has 0 saturated carbocycles. The van der Waals surface area contributed by atoms with Crippen molar-refractivity contribution in [3.05, 3.63) is 33.1 Å². The van der Waals surface area contributed by atoms with Crippen molar-refractivity contribution >= 4 is 33.5 Å². The van der Waals surface area contributed by atoms with Crippen LogP contribution in [-0.4, -0.2) is 51.3 Å². The van der Waals surface area contributed by atoms with Gasteiger partial charge in [0.05, 0.1) is 0 Å². The third-order valence-corrected chi connectivity index (χ3v) is 6.64. The number of esters is 2. The second-order valence-electron chi connectivity index (χ2n) is 5.84. The third-order valence-electron chi connectivity index (χ3n) is 3.63. The summed E-state index contributed by atoms with van der Waals surface area (Å²) in [5, 5.41) is -0.436. The van der Waals surface area contributed by atoms with Crippen LogP contribution in [0.15, 0.2) is 21.9 Å². The molecule has 2 heterocycles. The van der Waals surface area contributed by atoms with Crippen molar-refractivity contribution in [1.82, 2.24) is 9.55 Å². The minimum atomic E-state index is -0.798. The Labute approximate surface area is 163 Å². The normalized spacial score (nSPS) is 24.6. The van der Waals surface area contributed by atoms with E-state index in [1.54, 1.807) is 10.8 Å². The minimum absolute atomic E-state index is 0.114. The van der Waals surface area contributed by atoms with Gasteiger partial charge in [-0.25, -0.2) is 4.79 Å². The van der Waals surface area contributed by atoms with Gasteiger partial charge in [0.25, 0.3) is 5.56 Å². The van der Waals surface area contributed by atoms with Gasteiger partial charge in [0.1, 0.15) is 24.1 Å². The fraction of sp³-hybridized carbons (Fsp3) is 0.625. The molecule has 0 aliphatic carbocycles. The number of rotatable bonds is 8. The maximum absolute atomic E-state index is 12.2. The zero-order valence-corrected chi connectivity index (χ0v) is 16.8. The largest absolute Gasteiger partial charge is 0.463 e. The highest BCUT2D eigenvalue weighted by atomic mass is 33.1. The third kappa shape index (κ3) is 5.88. The summed E-state index contributed by atoms with van der Waals surface area (Å²) >= 11 is 0. The molecule has 1 N–H and O–H groups in total. The Morgan fingerprint density at radius 1 is 1.30 bits per heavy atom. The first-order chi connectivity index (χ1) is 12.8. The average molecular weight is 418 g/mol. The van der Waals surface area contributed by atoms with E-state index in [0.717, 1.165) is 12.2 Å². The number of nitrogens with one attached hydrogen (secondary N) is 1. The average Bonchev–Trinajstić information content (AvgIpc) is 2.90. The van der Waals surface area contributed by atoms with E-state index in [0.29, 0.717) is 0 Å². The van der Waals surface area contributed by atoms with Crippen LogP contribution in [0.25, 0.3) is 0 Å². The first-order valence-electron chi connectivity index (χ1n) is 8.39. The van der Waals surface area contributed by atoms with Gasteiger partial charge in [-0.2, -0.15) is 0 Å². The molecular weight excluding hydrogens is 396 g/mol. The zero-order valence-electron chi connectivity index (χ0n) is 15.2. The SMILES string of the molecule is CCCSS[C@@H]1[C@H](OC(C)=O)[C@@H](COC(C)=O)O[C@H]1n1ccc(=O)[nH]c1=O. The smallest absolute Gasteiger partial charge is 0.330 e. The lowest BCUT2D eigenvalue weighted by atomic mass is 10.1. The second-order valence-corrected chi connectivity index (χ2v) is 8.51. The lowest BCUT2D eigenvalue weighted by molar-refractivity contribution is -0.155. The highest BCUT2D eigenvalue weighted by Gasteiger charge is 2.49. The molecule has 4 atom stereocenters.